The van der Waals surface area contributed by atoms with E-state index in [-0.39, 0.29) is 31.1 Å². The second-order valence-corrected chi connectivity index (χ2v) is 23.1. The van der Waals surface area contributed by atoms with E-state index in [1.807, 2.05) is 0 Å². The summed E-state index contributed by atoms with van der Waals surface area (Å²) in [6.07, 6.45) is 90.3. The Balaban J connectivity index is 4.37. The van der Waals surface area contributed by atoms with Crippen LogP contribution >= 0.6 is 0 Å². The molecule has 0 heterocycles. The van der Waals surface area contributed by atoms with Crippen molar-refractivity contribution in [3.63, 3.8) is 0 Å². The fraction of sp³-hybridized carbons (Fsp3) is 0.770. The van der Waals surface area contributed by atoms with Gasteiger partial charge in [-0.25, -0.2) is 0 Å². The van der Waals surface area contributed by atoms with E-state index >= 15 is 0 Å². The summed E-state index contributed by atoms with van der Waals surface area (Å²) in [6.45, 7) is 6.54. The van der Waals surface area contributed by atoms with Crippen molar-refractivity contribution in [2.24, 2.45) is 0 Å². The van der Waals surface area contributed by atoms with Crippen LogP contribution in [0.2, 0.25) is 0 Å². The Bertz CT molecular complexity index is 1520. The van der Waals surface area contributed by atoms with E-state index in [9.17, 15) is 14.4 Å². The molecule has 0 saturated carbocycles. The Morgan fingerprint density at radius 1 is 0.263 bits per heavy atom. The minimum absolute atomic E-state index is 0.0867. The normalized spacial score (nSPS) is 12.6. The van der Waals surface area contributed by atoms with Crippen molar-refractivity contribution in [1.29, 1.82) is 0 Å². The lowest BCUT2D eigenvalue weighted by molar-refractivity contribution is -0.167. The molecule has 0 aromatic rings. The Kier molecular flexibility index (Phi) is 65.2. The Morgan fingerprint density at radius 3 is 0.775 bits per heavy atom. The largest absolute Gasteiger partial charge is 0.462 e. The first kappa shape index (κ1) is 76.6. The molecule has 80 heavy (non-hydrogen) atoms. The molecule has 6 heteroatoms. The molecule has 1 unspecified atom stereocenters. The molecule has 0 aliphatic heterocycles. The van der Waals surface area contributed by atoms with Gasteiger partial charge in [-0.05, 0) is 96.3 Å². The molecule has 0 rings (SSSR count). The number of esters is 3. The number of unbranched alkanes of at least 4 members (excludes halogenated alkanes) is 38. The fourth-order valence-electron chi connectivity index (χ4n) is 9.97. The van der Waals surface area contributed by atoms with Crippen molar-refractivity contribution >= 4 is 17.9 Å². The van der Waals surface area contributed by atoms with Crippen molar-refractivity contribution in [2.75, 3.05) is 13.2 Å². The van der Waals surface area contributed by atoms with Gasteiger partial charge in [-0.3, -0.25) is 14.4 Å². The van der Waals surface area contributed by atoms with Crippen molar-refractivity contribution in [1.82, 2.24) is 0 Å². The second-order valence-electron chi connectivity index (χ2n) is 23.1. The van der Waals surface area contributed by atoms with E-state index in [0.717, 1.165) is 103 Å². The standard InChI is InChI=1S/C74H130O6/c1-4-7-10-13-16-19-22-25-28-31-34-35-36-37-38-39-41-43-46-49-52-55-58-61-64-67-73(76)79-70-71(69-78-72(75)66-63-60-57-54-51-48-45-42-33-30-27-24-21-18-15-12-9-6-3)80-74(77)68-65-62-59-56-53-50-47-44-40-32-29-26-23-20-17-14-11-8-5-2/h8,11,17,20,22,25-26,29,31,34,40,44,50,53,71H,4-7,9-10,12-16,18-19,21,23-24,27-28,30,32-33,35-39,41-43,45-49,51-52,54-70H2,1-3H3/b11-8-,20-17-,25-22-,29-26-,34-31-,44-40-,53-50-. The van der Waals surface area contributed by atoms with Crippen molar-refractivity contribution in [2.45, 2.75) is 354 Å². The number of carbonyl (C=O) groups is 3. The van der Waals surface area contributed by atoms with E-state index in [4.69, 9.17) is 14.2 Å². The van der Waals surface area contributed by atoms with Crippen LogP contribution in [0.1, 0.15) is 348 Å². The van der Waals surface area contributed by atoms with Crippen LogP contribution in [0.25, 0.3) is 0 Å². The zero-order chi connectivity index (χ0) is 57.8. The molecular weight excluding hydrogens is 985 g/mol. The summed E-state index contributed by atoms with van der Waals surface area (Å²) in [5.74, 6) is -0.901. The third-order valence-electron chi connectivity index (χ3n) is 15.1. The van der Waals surface area contributed by atoms with E-state index in [1.165, 1.54) is 205 Å². The minimum atomic E-state index is -0.795. The van der Waals surface area contributed by atoms with Gasteiger partial charge in [-0.2, -0.15) is 0 Å². The molecule has 0 aromatic heterocycles. The first-order chi connectivity index (χ1) is 39.5. The predicted molar refractivity (Wildman–Crippen MR) is 348 cm³/mol. The molecule has 0 fully saturated rings. The molecule has 0 aliphatic carbocycles. The Morgan fingerprint density at radius 2 is 0.487 bits per heavy atom. The van der Waals surface area contributed by atoms with Crippen molar-refractivity contribution in [3.05, 3.63) is 85.1 Å². The zero-order valence-electron chi connectivity index (χ0n) is 53.1. The maximum absolute atomic E-state index is 12.9. The smallest absolute Gasteiger partial charge is 0.306 e. The van der Waals surface area contributed by atoms with Gasteiger partial charge in [0.1, 0.15) is 13.2 Å². The third kappa shape index (κ3) is 65.4. The predicted octanol–water partition coefficient (Wildman–Crippen LogP) is 23.8. The molecule has 0 aromatic carbocycles. The molecule has 0 bridgehead atoms. The Hall–Kier alpha value is -3.41. The number of ether oxygens (including phenoxy) is 3. The molecular formula is C74H130O6. The van der Waals surface area contributed by atoms with E-state index in [1.54, 1.807) is 0 Å². The van der Waals surface area contributed by atoms with Crippen LogP contribution in [0.3, 0.4) is 0 Å². The lowest BCUT2D eigenvalue weighted by Gasteiger charge is -2.18. The van der Waals surface area contributed by atoms with Crippen LogP contribution in [0.5, 0.6) is 0 Å². The van der Waals surface area contributed by atoms with Crippen LogP contribution < -0.4 is 0 Å². The molecule has 1 atom stereocenters. The number of rotatable bonds is 63. The number of hydrogen-bond acceptors (Lipinski definition) is 6. The lowest BCUT2D eigenvalue weighted by atomic mass is 10.0. The Labute approximate surface area is 496 Å². The van der Waals surface area contributed by atoms with Gasteiger partial charge in [0.2, 0.25) is 0 Å². The van der Waals surface area contributed by atoms with Gasteiger partial charge < -0.3 is 14.2 Å². The summed E-state index contributed by atoms with van der Waals surface area (Å²) in [7, 11) is 0. The van der Waals surface area contributed by atoms with Crippen molar-refractivity contribution < 1.29 is 28.6 Å². The van der Waals surface area contributed by atoms with E-state index < -0.39 is 6.10 Å². The molecule has 462 valence electrons. The van der Waals surface area contributed by atoms with Gasteiger partial charge >= 0.3 is 17.9 Å². The minimum Gasteiger partial charge on any atom is -0.462 e. The molecule has 6 nitrogen and oxygen atoms in total. The monoisotopic (exact) mass is 1110 g/mol. The van der Waals surface area contributed by atoms with E-state index in [0.29, 0.717) is 19.3 Å². The van der Waals surface area contributed by atoms with Crippen LogP contribution in [-0.2, 0) is 28.6 Å². The summed E-state index contributed by atoms with van der Waals surface area (Å²) in [4.78, 5) is 38.4. The van der Waals surface area contributed by atoms with E-state index in [2.05, 4.69) is 106 Å². The molecule has 0 radical (unpaired) electrons. The second kappa shape index (κ2) is 68.1. The average Bonchev–Trinajstić information content (AvgIpc) is 3.46. The number of hydrogen-bond donors (Lipinski definition) is 0. The van der Waals surface area contributed by atoms with Gasteiger partial charge in [0.05, 0.1) is 0 Å². The topological polar surface area (TPSA) is 78.9 Å². The summed E-state index contributed by atoms with van der Waals surface area (Å²) in [6, 6.07) is 0. The molecule has 0 saturated heterocycles. The van der Waals surface area contributed by atoms with Crippen molar-refractivity contribution in [3.8, 4) is 0 Å². The fourth-order valence-corrected chi connectivity index (χ4v) is 9.97. The van der Waals surface area contributed by atoms with Gasteiger partial charge in [0, 0.05) is 19.3 Å². The summed E-state index contributed by atoms with van der Waals surface area (Å²) in [5.41, 5.74) is 0. The van der Waals surface area contributed by atoms with Crippen LogP contribution in [0.15, 0.2) is 85.1 Å². The summed E-state index contributed by atoms with van der Waals surface area (Å²) >= 11 is 0. The highest BCUT2D eigenvalue weighted by molar-refractivity contribution is 5.71. The van der Waals surface area contributed by atoms with Crippen LogP contribution in [0.4, 0.5) is 0 Å². The average molecular weight is 1120 g/mol. The first-order valence-corrected chi connectivity index (χ1v) is 34.6. The van der Waals surface area contributed by atoms with Crippen LogP contribution in [-0.4, -0.2) is 37.2 Å². The number of allylic oxidation sites excluding steroid dienone is 14. The highest BCUT2D eigenvalue weighted by Crippen LogP contribution is 2.17. The molecule has 0 N–H and O–H groups in total. The van der Waals surface area contributed by atoms with Crippen LogP contribution in [0, 0.1) is 0 Å². The zero-order valence-corrected chi connectivity index (χ0v) is 53.1. The summed E-state index contributed by atoms with van der Waals surface area (Å²) < 4.78 is 17.0. The quantitative estimate of drug-likeness (QED) is 0.0261. The molecule has 0 amide bonds. The number of carbonyl (C=O) groups excluding carboxylic acids is 3. The summed E-state index contributed by atoms with van der Waals surface area (Å²) in [5, 5.41) is 0. The van der Waals surface area contributed by atoms with Gasteiger partial charge in [0.15, 0.2) is 6.10 Å². The highest BCUT2D eigenvalue weighted by Gasteiger charge is 2.19. The third-order valence-corrected chi connectivity index (χ3v) is 15.1. The van der Waals surface area contributed by atoms with Gasteiger partial charge in [0.25, 0.3) is 0 Å². The first-order valence-electron chi connectivity index (χ1n) is 34.6. The SMILES string of the molecule is CC/C=C\C/C=C\C/C=C\C/C=C\C/C=C\CCCCCC(=O)OC(COC(=O)CCCCCCCCCCCCCCC/C=C\C/C=C\CCCCCCC)COC(=O)CCCCCCCCCCCCCCCCCCCC. The maximum Gasteiger partial charge on any atom is 0.306 e. The highest BCUT2D eigenvalue weighted by atomic mass is 16.6. The lowest BCUT2D eigenvalue weighted by Crippen LogP contribution is -2.30. The molecule has 0 aliphatic rings. The maximum atomic E-state index is 12.9. The van der Waals surface area contributed by atoms with Gasteiger partial charge in [-0.1, -0.05) is 318 Å². The molecule has 0 spiro atoms. The van der Waals surface area contributed by atoms with Gasteiger partial charge in [-0.15, -0.1) is 0 Å².